The van der Waals surface area contributed by atoms with Crippen LogP contribution in [0.25, 0.3) is 0 Å². The van der Waals surface area contributed by atoms with E-state index in [2.05, 4.69) is 0 Å². The normalized spacial score (nSPS) is 11.6. The molecule has 0 unspecified atom stereocenters. The molecule has 0 atom stereocenters. The largest absolute Gasteiger partial charge is 0.367 e. The van der Waals surface area contributed by atoms with Crippen LogP contribution in [0, 0.1) is 5.82 Å². The van der Waals surface area contributed by atoms with Gasteiger partial charge in [-0.3, -0.25) is 4.79 Å². The van der Waals surface area contributed by atoms with E-state index in [4.69, 9.17) is 16.3 Å². The SMILES string of the molecule is CCOC(CC)(CC)C(=O)c1cc(F)ccc1Cl. The van der Waals surface area contributed by atoms with Crippen molar-refractivity contribution in [3.63, 3.8) is 0 Å². The standard InChI is InChI=1S/C14H18ClFO2/c1-4-14(5-2,18-6-3)13(17)11-9-10(16)7-8-12(11)15/h7-9H,4-6H2,1-3H3. The van der Waals surface area contributed by atoms with Crippen LogP contribution < -0.4 is 0 Å². The molecule has 0 aliphatic heterocycles. The molecular formula is C14H18ClFO2. The van der Waals surface area contributed by atoms with Gasteiger partial charge in [-0.1, -0.05) is 25.4 Å². The van der Waals surface area contributed by atoms with E-state index in [-0.39, 0.29) is 16.4 Å². The van der Waals surface area contributed by atoms with E-state index >= 15 is 0 Å². The first kappa shape index (κ1) is 15.1. The van der Waals surface area contributed by atoms with Gasteiger partial charge < -0.3 is 4.74 Å². The number of halogens is 2. The summed E-state index contributed by atoms with van der Waals surface area (Å²) < 4.78 is 18.8. The Kier molecular flexibility index (Phi) is 5.29. The number of rotatable bonds is 6. The molecule has 0 aliphatic rings. The summed E-state index contributed by atoms with van der Waals surface area (Å²) in [5.74, 6) is -0.723. The Balaban J connectivity index is 3.21. The van der Waals surface area contributed by atoms with Crippen LogP contribution >= 0.6 is 11.6 Å². The first-order valence-electron chi connectivity index (χ1n) is 6.14. The second-order valence-electron chi connectivity index (χ2n) is 4.09. The molecule has 0 spiro atoms. The Morgan fingerprint density at radius 2 is 1.94 bits per heavy atom. The van der Waals surface area contributed by atoms with Gasteiger partial charge in [-0.25, -0.2) is 4.39 Å². The molecule has 0 N–H and O–H groups in total. The zero-order valence-corrected chi connectivity index (χ0v) is 11.7. The van der Waals surface area contributed by atoms with Gasteiger partial charge in [0.1, 0.15) is 11.4 Å². The van der Waals surface area contributed by atoms with E-state index in [9.17, 15) is 9.18 Å². The van der Waals surface area contributed by atoms with E-state index in [0.717, 1.165) is 0 Å². The van der Waals surface area contributed by atoms with E-state index in [0.29, 0.717) is 19.4 Å². The quantitative estimate of drug-likeness (QED) is 0.724. The highest BCUT2D eigenvalue weighted by atomic mass is 35.5. The summed E-state index contributed by atoms with van der Waals surface area (Å²) in [6.45, 7) is 6.02. The molecule has 0 saturated heterocycles. The van der Waals surface area contributed by atoms with Gasteiger partial charge in [-0.2, -0.15) is 0 Å². The minimum absolute atomic E-state index is 0.189. The fourth-order valence-corrected chi connectivity index (χ4v) is 2.24. The lowest BCUT2D eigenvalue weighted by Gasteiger charge is -2.30. The van der Waals surface area contributed by atoms with Crippen LogP contribution in [0.4, 0.5) is 4.39 Å². The minimum atomic E-state index is -0.911. The summed E-state index contributed by atoms with van der Waals surface area (Å²) in [5.41, 5.74) is -0.722. The summed E-state index contributed by atoms with van der Waals surface area (Å²) >= 11 is 5.97. The van der Waals surface area contributed by atoms with Crippen LogP contribution in [0.2, 0.25) is 5.02 Å². The van der Waals surface area contributed by atoms with E-state index in [1.807, 2.05) is 20.8 Å². The lowest BCUT2D eigenvalue weighted by atomic mass is 9.87. The number of carbonyl (C=O) groups excluding carboxylic acids is 1. The fourth-order valence-electron chi connectivity index (χ4n) is 2.03. The molecule has 0 aliphatic carbocycles. The zero-order chi connectivity index (χ0) is 13.8. The zero-order valence-electron chi connectivity index (χ0n) is 10.9. The predicted octanol–water partition coefficient (Wildman–Crippen LogP) is 4.26. The lowest BCUT2D eigenvalue weighted by Crippen LogP contribution is -2.40. The highest BCUT2D eigenvalue weighted by molar-refractivity contribution is 6.34. The molecule has 1 aromatic rings. The number of hydrogen-bond donors (Lipinski definition) is 0. The molecule has 0 radical (unpaired) electrons. The number of ketones is 1. The van der Waals surface area contributed by atoms with Gasteiger partial charge in [0.15, 0.2) is 5.78 Å². The molecule has 0 aromatic heterocycles. The summed E-state index contributed by atoms with van der Waals surface area (Å²) in [6.07, 6.45) is 1.06. The molecular weight excluding hydrogens is 255 g/mol. The molecule has 1 aromatic carbocycles. The van der Waals surface area contributed by atoms with Crippen molar-refractivity contribution in [2.45, 2.75) is 39.2 Å². The summed E-state index contributed by atoms with van der Waals surface area (Å²) in [4.78, 5) is 12.5. The van der Waals surface area contributed by atoms with Gasteiger partial charge in [0.25, 0.3) is 0 Å². The summed E-state index contributed by atoms with van der Waals surface area (Å²) in [6, 6.07) is 3.80. The Bertz CT molecular complexity index is 428. The lowest BCUT2D eigenvalue weighted by molar-refractivity contribution is -0.0250. The maximum absolute atomic E-state index is 13.2. The van der Waals surface area contributed by atoms with E-state index < -0.39 is 11.4 Å². The van der Waals surface area contributed by atoms with Crippen LogP contribution in [-0.2, 0) is 4.74 Å². The summed E-state index contributed by atoms with van der Waals surface area (Å²) in [5, 5.41) is 0.257. The van der Waals surface area contributed by atoms with Crippen molar-refractivity contribution in [2.75, 3.05) is 6.61 Å². The molecule has 0 heterocycles. The third-order valence-electron chi connectivity index (χ3n) is 3.15. The number of Topliss-reactive ketones (excluding diaryl/α,β-unsaturated/α-hetero) is 1. The molecule has 4 heteroatoms. The van der Waals surface area contributed by atoms with Crippen molar-refractivity contribution >= 4 is 17.4 Å². The second kappa shape index (κ2) is 6.30. The average Bonchev–Trinajstić information content (AvgIpc) is 2.38. The number of ether oxygens (including phenoxy) is 1. The number of hydrogen-bond acceptors (Lipinski definition) is 2. The van der Waals surface area contributed by atoms with E-state index in [1.54, 1.807) is 0 Å². The maximum Gasteiger partial charge on any atom is 0.196 e. The highest BCUT2D eigenvalue weighted by Gasteiger charge is 2.37. The van der Waals surface area contributed by atoms with Gasteiger partial charge in [-0.05, 0) is 38.0 Å². The molecule has 1 rings (SSSR count). The third-order valence-corrected chi connectivity index (χ3v) is 3.48. The van der Waals surface area contributed by atoms with Crippen LogP contribution in [-0.4, -0.2) is 18.0 Å². The molecule has 0 saturated carbocycles. The topological polar surface area (TPSA) is 26.3 Å². The number of benzene rings is 1. The van der Waals surface area contributed by atoms with Crippen LogP contribution in [0.3, 0.4) is 0 Å². The van der Waals surface area contributed by atoms with Gasteiger partial charge in [0.05, 0.1) is 5.02 Å². The van der Waals surface area contributed by atoms with Crippen molar-refractivity contribution in [1.29, 1.82) is 0 Å². The minimum Gasteiger partial charge on any atom is -0.367 e. The Morgan fingerprint density at radius 3 is 2.44 bits per heavy atom. The van der Waals surface area contributed by atoms with Crippen LogP contribution in [0.5, 0.6) is 0 Å². The molecule has 0 bridgehead atoms. The highest BCUT2D eigenvalue weighted by Crippen LogP contribution is 2.29. The Labute approximate surface area is 112 Å². The van der Waals surface area contributed by atoms with Gasteiger partial charge >= 0.3 is 0 Å². The fraction of sp³-hybridized carbons (Fsp3) is 0.500. The number of carbonyl (C=O) groups is 1. The van der Waals surface area contributed by atoms with Gasteiger partial charge in [-0.15, -0.1) is 0 Å². The Morgan fingerprint density at radius 1 is 1.33 bits per heavy atom. The van der Waals surface area contributed by atoms with Crippen molar-refractivity contribution in [2.24, 2.45) is 0 Å². The smallest absolute Gasteiger partial charge is 0.196 e. The summed E-state index contributed by atoms with van der Waals surface area (Å²) in [7, 11) is 0. The predicted molar refractivity (Wildman–Crippen MR) is 70.7 cm³/mol. The third kappa shape index (κ3) is 2.90. The van der Waals surface area contributed by atoms with E-state index in [1.165, 1.54) is 18.2 Å². The van der Waals surface area contributed by atoms with Gasteiger partial charge in [0.2, 0.25) is 0 Å². The maximum atomic E-state index is 13.2. The monoisotopic (exact) mass is 272 g/mol. The van der Waals surface area contributed by atoms with Crippen LogP contribution in [0.1, 0.15) is 44.0 Å². The first-order chi connectivity index (χ1) is 8.50. The van der Waals surface area contributed by atoms with Crippen molar-refractivity contribution in [1.82, 2.24) is 0 Å². The molecule has 2 nitrogen and oxygen atoms in total. The van der Waals surface area contributed by atoms with Crippen molar-refractivity contribution in [3.05, 3.63) is 34.6 Å². The van der Waals surface area contributed by atoms with Crippen molar-refractivity contribution < 1.29 is 13.9 Å². The molecule has 0 fully saturated rings. The Hall–Kier alpha value is -0.930. The first-order valence-corrected chi connectivity index (χ1v) is 6.52. The second-order valence-corrected chi connectivity index (χ2v) is 4.49. The molecule has 0 amide bonds. The van der Waals surface area contributed by atoms with Crippen molar-refractivity contribution in [3.8, 4) is 0 Å². The molecule has 18 heavy (non-hydrogen) atoms. The van der Waals surface area contributed by atoms with Gasteiger partial charge in [0, 0.05) is 12.2 Å². The molecule has 100 valence electrons. The average molecular weight is 273 g/mol. The van der Waals surface area contributed by atoms with Crippen LogP contribution in [0.15, 0.2) is 18.2 Å².